The molecule has 5 heteroatoms. The smallest absolute Gasteiger partial charge is 0.255 e. The molecule has 0 spiro atoms. The van der Waals surface area contributed by atoms with Gasteiger partial charge in [0, 0.05) is 11.3 Å². The van der Waals surface area contributed by atoms with Crippen molar-refractivity contribution in [2.24, 2.45) is 0 Å². The van der Waals surface area contributed by atoms with E-state index in [4.69, 9.17) is 0 Å². The Bertz CT molecular complexity index is 771. The van der Waals surface area contributed by atoms with Crippen LogP contribution >= 0.6 is 0 Å². The summed E-state index contributed by atoms with van der Waals surface area (Å²) in [6, 6.07) is 11.2. The lowest BCUT2D eigenvalue weighted by molar-refractivity contribution is 0.102. The molecule has 2 N–H and O–H groups in total. The molecule has 0 aliphatic carbocycles. The summed E-state index contributed by atoms with van der Waals surface area (Å²) in [5, 5.41) is 13.4. The van der Waals surface area contributed by atoms with E-state index in [1.165, 1.54) is 0 Å². The molecular weight excluding hydrogens is 252 g/mol. The molecular formula is C15H14N4O. The maximum absolute atomic E-state index is 12.2. The molecule has 0 aliphatic heterocycles. The maximum atomic E-state index is 12.2. The first-order valence-electron chi connectivity index (χ1n) is 6.32. The van der Waals surface area contributed by atoms with Crippen LogP contribution in [0.25, 0.3) is 11.0 Å². The van der Waals surface area contributed by atoms with E-state index in [-0.39, 0.29) is 5.91 Å². The van der Waals surface area contributed by atoms with E-state index >= 15 is 0 Å². The zero-order valence-corrected chi connectivity index (χ0v) is 11.3. The first kappa shape index (κ1) is 12.3. The van der Waals surface area contributed by atoms with E-state index < -0.39 is 0 Å². The SMILES string of the molecule is Cc1cc(C)cc(NC(=O)c2ccc3n[nH]nc3c2)c1. The lowest BCUT2D eigenvalue weighted by atomic mass is 10.1. The summed E-state index contributed by atoms with van der Waals surface area (Å²) in [7, 11) is 0. The van der Waals surface area contributed by atoms with Gasteiger partial charge in [0.15, 0.2) is 0 Å². The Morgan fingerprint density at radius 3 is 2.45 bits per heavy atom. The number of nitrogens with one attached hydrogen (secondary N) is 2. The minimum atomic E-state index is -0.153. The topological polar surface area (TPSA) is 70.7 Å². The summed E-state index contributed by atoms with van der Waals surface area (Å²) in [6.45, 7) is 4.01. The van der Waals surface area contributed by atoms with E-state index in [1.807, 2.05) is 26.0 Å². The fraction of sp³-hybridized carbons (Fsp3) is 0.133. The fourth-order valence-electron chi connectivity index (χ4n) is 2.23. The highest BCUT2D eigenvalue weighted by Gasteiger charge is 2.09. The summed E-state index contributed by atoms with van der Waals surface area (Å²) in [6.07, 6.45) is 0. The predicted molar refractivity (Wildman–Crippen MR) is 77.8 cm³/mol. The van der Waals surface area contributed by atoms with Crippen LogP contribution < -0.4 is 5.32 Å². The average molecular weight is 266 g/mol. The van der Waals surface area contributed by atoms with Gasteiger partial charge in [0.05, 0.1) is 0 Å². The summed E-state index contributed by atoms with van der Waals surface area (Å²) in [5.74, 6) is -0.153. The van der Waals surface area contributed by atoms with E-state index in [0.29, 0.717) is 11.1 Å². The van der Waals surface area contributed by atoms with Crippen molar-refractivity contribution in [2.75, 3.05) is 5.32 Å². The van der Waals surface area contributed by atoms with Gasteiger partial charge in [0.1, 0.15) is 11.0 Å². The number of carbonyl (C=O) groups excluding carboxylic acids is 1. The normalized spacial score (nSPS) is 10.7. The van der Waals surface area contributed by atoms with Gasteiger partial charge < -0.3 is 5.32 Å². The Kier molecular flexibility index (Phi) is 2.95. The number of H-pyrrole nitrogens is 1. The van der Waals surface area contributed by atoms with Gasteiger partial charge in [-0.3, -0.25) is 4.79 Å². The van der Waals surface area contributed by atoms with Crippen molar-refractivity contribution < 1.29 is 4.79 Å². The Morgan fingerprint density at radius 2 is 1.70 bits per heavy atom. The number of rotatable bonds is 2. The van der Waals surface area contributed by atoms with Gasteiger partial charge >= 0.3 is 0 Å². The van der Waals surface area contributed by atoms with E-state index in [9.17, 15) is 4.79 Å². The predicted octanol–water partition coefficient (Wildman–Crippen LogP) is 2.83. The minimum absolute atomic E-state index is 0.153. The molecule has 2 aromatic carbocycles. The zero-order valence-electron chi connectivity index (χ0n) is 11.3. The summed E-state index contributed by atoms with van der Waals surface area (Å²) >= 11 is 0. The first-order valence-corrected chi connectivity index (χ1v) is 6.32. The molecule has 0 aliphatic rings. The Labute approximate surface area is 116 Å². The lowest BCUT2D eigenvalue weighted by Gasteiger charge is -2.07. The van der Waals surface area contributed by atoms with Gasteiger partial charge in [-0.2, -0.15) is 15.4 Å². The average Bonchev–Trinajstić information content (AvgIpc) is 2.84. The van der Waals surface area contributed by atoms with Crippen LogP contribution in [-0.2, 0) is 0 Å². The molecule has 0 atom stereocenters. The number of benzene rings is 2. The summed E-state index contributed by atoms with van der Waals surface area (Å²) in [5.41, 5.74) is 5.02. The third-order valence-electron chi connectivity index (χ3n) is 3.06. The van der Waals surface area contributed by atoms with E-state index in [2.05, 4.69) is 26.8 Å². The summed E-state index contributed by atoms with van der Waals surface area (Å²) in [4.78, 5) is 12.2. The standard InChI is InChI=1S/C15H14N4O/c1-9-5-10(2)7-12(6-9)16-15(20)11-3-4-13-14(8-11)18-19-17-13/h3-8H,1-2H3,(H,16,20)(H,17,18,19). The molecule has 0 unspecified atom stereocenters. The Hall–Kier alpha value is -2.69. The van der Waals surface area contributed by atoms with Gasteiger partial charge in [0.25, 0.3) is 5.91 Å². The number of aryl methyl sites for hydroxylation is 2. The number of hydrogen-bond acceptors (Lipinski definition) is 3. The number of amides is 1. The lowest BCUT2D eigenvalue weighted by Crippen LogP contribution is -2.12. The van der Waals surface area contributed by atoms with Crippen molar-refractivity contribution in [1.29, 1.82) is 0 Å². The molecule has 0 saturated heterocycles. The van der Waals surface area contributed by atoms with Crippen molar-refractivity contribution in [3.63, 3.8) is 0 Å². The molecule has 1 aromatic heterocycles. The number of anilines is 1. The highest BCUT2D eigenvalue weighted by molar-refractivity contribution is 6.05. The van der Waals surface area contributed by atoms with Crippen LogP contribution in [0.15, 0.2) is 36.4 Å². The second-order valence-corrected chi connectivity index (χ2v) is 4.86. The molecule has 0 bridgehead atoms. The number of carbonyl (C=O) groups is 1. The molecule has 1 heterocycles. The van der Waals surface area contributed by atoms with Gasteiger partial charge in [0.2, 0.25) is 0 Å². The number of aromatic nitrogens is 3. The van der Waals surface area contributed by atoms with Crippen LogP contribution in [0.3, 0.4) is 0 Å². The molecule has 3 aromatic rings. The molecule has 0 saturated carbocycles. The molecule has 20 heavy (non-hydrogen) atoms. The van der Waals surface area contributed by atoms with Gasteiger partial charge in [-0.15, -0.1) is 0 Å². The monoisotopic (exact) mass is 266 g/mol. The fourth-order valence-corrected chi connectivity index (χ4v) is 2.23. The third kappa shape index (κ3) is 2.38. The highest BCUT2D eigenvalue weighted by atomic mass is 16.1. The number of nitrogens with zero attached hydrogens (tertiary/aromatic N) is 2. The Balaban J connectivity index is 1.88. The van der Waals surface area contributed by atoms with Crippen LogP contribution in [0, 0.1) is 13.8 Å². The second-order valence-electron chi connectivity index (χ2n) is 4.86. The van der Waals surface area contributed by atoms with Gasteiger partial charge in [-0.25, -0.2) is 0 Å². The molecule has 0 radical (unpaired) electrons. The number of aromatic amines is 1. The number of hydrogen-bond donors (Lipinski definition) is 2. The molecule has 5 nitrogen and oxygen atoms in total. The van der Waals surface area contributed by atoms with Crippen molar-refractivity contribution in [1.82, 2.24) is 15.4 Å². The first-order chi connectivity index (χ1) is 9.61. The van der Waals surface area contributed by atoms with Crippen LogP contribution in [0.5, 0.6) is 0 Å². The van der Waals surface area contributed by atoms with E-state index in [0.717, 1.165) is 22.3 Å². The molecule has 100 valence electrons. The quantitative estimate of drug-likeness (QED) is 0.749. The maximum Gasteiger partial charge on any atom is 0.255 e. The molecule has 0 fully saturated rings. The third-order valence-corrected chi connectivity index (χ3v) is 3.06. The second kappa shape index (κ2) is 4.77. The minimum Gasteiger partial charge on any atom is -0.322 e. The Morgan fingerprint density at radius 1 is 1.00 bits per heavy atom. The van der Waals surface area contributed by atoms with E-state index in [1.54, 1.807) is 18.2 Å². The van der Waals surface area contributed by atoms with Crippen molar-refractivity contribution in [2.45, 2.75) is 13.8 Å². The zero-order chi connectivity index (χ0) is 14.1. The van der Waals surface area contributed by atoms with Crippen molar-refractivity contribution in [3.8, 4) is 0 Å². The van der Waals surface area contributed by atoms with Gasteiger partial charge in [-0.1, -0.05) is 6.07 Å². The van der Waals surface area contributed by atoms with Gasteiger partial charge in [-0.05, 0) is 55.3 Å². The molecule has 1 amide bonds. The molecule has 3 rings (SSSR count). The van der Waals surface area contributed by atoms with Crippen LogP contribution in [0.4, 0.5) is 5.69 Å². The van der Waals surface area contributed by atoms with Crippen LogP contribution in [-0.4, -0.2) is 21.3 Å². The largest absolute Gasteiger partial charge is 0.322 e. The van der Waals surface area contributed by atoms with Crippen molar-refractivity contribution >= 4 is 22.6 Å². The highest BCUT2D eigenvalue weighted by Crippen LogP contribution is 2.16. The van der Waals surface area contributed by atoms with Crippen molar-refractivity contribution in [3.05, 3.63) is 53.1 Å². The van der Waals surface area contributed by atoms with Crippen LogP contribution in [0.1, 0.15) is 21.5 Å². The number of fused-ring (bicyclic) bond motifs is 1. The van der Waals surface area contributed by atoms with Crippen LogP contribution in [0.2, 0.25) is 0 Å². The summed E-state index contributed by atoms with van der Waals surface area (Å²) < 4.78 is 0.